The molecule has 0 spiro atoms. The second kappa shape index (κ2) is 7.89. The summed E-state index contributed by atoms with van der Waals surface area (Å²) < 4.78 is 70.0. The maximum Gasteiger partial charge on any atom is 0.416 e. The molecule has 0 unspecified atom stereocenters. The number of halogens is 3. The Morgan fingerprint density at radius 3 is 2.36 bits per heavy atom. The Morgan fingerprint density at radius 2 is 1.75 bits per heavy atom. The first-order chi connectivity index (χ1) is 12.9. The Bertz CT molecular complexity index is 1010. The van der Waals surface area contributed by atoms with E-state index in [-0.39, 0.29) is 16.1 Å². The van der Waals surface area contributed by atoms with Gasteiger partial charge in [0.1, 0.15) is 0 Å². The lowest BCUT2D eigenvalue weighted by Crippen LogP contribution is -2.30. The maximum absolute atomic E-state index is 12.8. The van der Waals surface area contributed by atoms with Gasteiger partial charge in [0.25, 0.3) is 15.9 Å². The number of primary amides is 1. The second-order valence-corrected chi connectivity index (χ2v) is 7.34. The SMILES string of the molecule is C[C@H](OC(=O)c1cccc(S(=O)(=O)Nc2cccc(C(F)(F)F)c2)c1)C(N)=O. The van der Waals surface area contributed by atoms with Crippen molar-refractivity contribution in [3.05, 3.63) is 59.7 Å². The number of carbonyl (C=O) groups is 2. The van der Waals surface area contributed by atoms with Crippen LogP contribution in [-0.2, 0) is 25.7 Å². The van der Waals surface area contributed by atoms with Crippen LogP contribution >= 0.6 is 0 Å². The van der Waals surface area contributed by atoms with Gasteiger partial charge in [-0.05, 0) is 43.3 Å². The molecule has 0 saturated heterocycles. The minimum atomic E-state index is -4.64. The first-order valence-electron chi connectivity index (χ1n) is 7.70. The minimum Gasteiger partial charge on any atom is -0.449 e. The zero-order valence-electron chi connectivity index (χ0n) is 14.4. The van der Waals surface area contributed by atoms with E-state index < -0.39 is 39.7 Å². The Morgan fingerprint density at radius 1 is 1.11 bits per heavy atom. The van der Waals surface area contributed by atoms with Gasteiger partial charge in [0, 0.05) is 5.69 Å². The van der Waals surface area contributed by atoms with Gasteiger partial charge in [-0.3, -0.25) is 9.52 Å². The van der Waals surface area contributed by atoms with Crippen molar-refractivity contribution in [1.82, 2.24) is 0 Å². The number of carbonyl (C=O) groups excluding carboxylic acids is 2. The molecule has 3 N–H and O–H groups in total. The molecule has 0 aliphatic carbocycles. The van der Waals surface area contributed by atoms with Crippen LogP contribution in [0.1, 0.15) is 22.8 Å². The van der Waals surface area contributed by atoms with E-state index >= 15 is 0 Å². The van der Waals surface area contributed by atoms with E-state index in [0.717, 1.165) is 30.3 Å². The largest absolute Gasteiger partial charge is 0.449 e. The standard InChI is InChI=1S/C17H15F3N2O5S/c1-10(15(21)23)27-16(24)11-4-2-7-14(8-11)28(25,26)22-13-6-3-5-12(9-13)17(18,19)20/h2-10,22H,1H3,(H2,21,23)/t10-/m0/s1. The molecule has 0 fully saturated rings. The molecule has 0 radical (unpaired) electrons. The van der Waals surface area contributed by atoms with Crippen LogP contribution in [0.4, 0.5) is 18.9 Å². The summed E-state index contributed by atoms with van der Waals surface area (Å²) in [5.41, 5.74) is 3.48. The summed E-state index contributed by atoms with van der Waals surface area (Å²) in [6, 6.07) is 8.25. The molecule has 7 nitrogen and oxygen atoms in total. The van der Waals surface area contributed by atoms with Crippen LogP contribution < -0.4 is 10.5 Å². The Hall–Kier alpha value is -3.08. The lowest BCUT2D eigenvalue weighted by Gasteiger charge is -2.12. The summed E-state index contributed by atoms with van der Waals surface area (Å²) in [7, 11) is -4.29. The zero-order chi connectivity index (χ0) is 21.1. The van der Waals surface area contributed by atoms with Crippen molar-refractivity contribution in [2.24, 2.45) is 5.73 Å². The van der Waals surface area contributed by atoms with Gasteiger partial charge in [0.2, 0.25) is 0 Å². The van der Waals surface area contributed by atoms with Crippen LogP contribution in [0.5, 0.6) is 0 Å². The molecule has 1 atom stereocenters. The average Bonchev–Trinajstić information content (AvgIpc) is 2.60. The third kappa shape index (κ3) is 5.22. The van der Waals surface area contributed by atoms with Crippen LogP contribution in [0, 0.1) is 0 Å². The van der Waals surface area contributed by atoms with Crippen LogP contribution in [0.2, 0.25) is 0 Å². The van der Waals surface area contributed by atoms with Crippen molar-refractivity contribution in [3.8, 4) is 0 Å². The van der Waals surface area contributed by atoms with Crippen molar-refractivity contribution in [1.29, 1.82) is 0 Å². The Balaban J connectivity index is 2.27. The summed E-state index contributed by atoms with van der Waals surface area (Å²) in [6.07, 6.45) is -5.86. The number of ether oxygens (including phenoxy) is 1. The van der Waals surface area contributed by atoms with Crippen LogP contribution in [0.25, 0.3) is 0 Å². The lowest BCUT2D eigenvalue weighted by atomic mass is 10.2. The number of hydrogen-bond donors (Lipinski definition) is 2. The number of nitrogens with two attached hydrogens (primary N) is 1. The molecule has 2 aromatic rings. The number of amides is 1. The highest BCUT2D eigenvalue weighted by Gasteiger charge is 2.30. The van der Waals surface area contributed by atoms with Gasteiger partial charge < -0.3 is 10.5 Å². The fourth-order valence-corrected chi connectivity index (χ4v) is 3.14. The minimum absolute atomic E-state index is 0.181. The Labute approximate surface area is 158 Å². The third-order valence-electron chi connectivity index (χ3n) is 3.51. The molecule has 0 aliphatic rings. The molecule has 2 aromatic carbocycles. The second-order valence-electron chi connectivity index (χ2n) is 5.66. The van der Waals surface area contributed by atoms with Crippen LogP contribution in [0.3, 0.4) is 0 Å². The smallest absolute Gasteiger partial charge is 0.416 e. The summed E-state index contributed by atoms with van der Waals surface area (Å²) >= 11 is 0. The fourth-order valence-electron chi connectivity index (χ4n) is 2.05. The molecule has 11 heteroatoms. The average molecular weight is 416 g/mol. The zero-order valence-corrected chi connectivity index (χ0v) is 15.2. The van der Waals surface area contributed by atoms with Crippen molar-refractivity contribution < 1.29 is 35.9 Å². The topological polar surface area (TPSA) is 116 Å². The maximum atomic E-state index is 12.8. The number of hydrogen-bond acceptors (Lipinski definition) is 5. The lowest BCUT2D eigenvalue weighted by molar-refractivity contribution is -0.137. The summed E-state index contributed by atoms with van der Waals surface area (Å²) in [5.74, 6) is -1.87. The van der Waals surface area contributed by atoms with E-state index in [4.69, 9.17) is 10.5 Å². The number of rotatable bonds is 6. The molecular formula is C17H15F3N2O5S. The molecule has 0 aromatic heterocycles. The molecule has 0 heterocycles. The van der Waals surface area contributed by atoms with E-state index in [1.165, 1.54) is 19.1 Å². The number of anilines is 1. The van der Waals surface area contributed by atoms with E-state index in [2.05, 4.69) is 0 Å². The highest BCUT2D eigenvalue weighted by atomic mass is 32.2. The summed E-state index contributed by atoms with van der Waals surface area (Å²) in [6.45, 7) is 1.25. The van der Waals surface area contributed by atoms with E-state index in [9.17, 15) is 31.2 Å². The van der Waals surface area contributed by atoms with Crippen molar-refractivity contribution in [2.45, 2.75) is 24.1 Å². The fraction of sp³-hybridized carbons (Fsp3) is 0.176. The van der Waals surface area contributed by atoms with Gasteiger partial charge in [-0.25, -0.2) is 13.2 Å². The van der Waals surface area contributed by atoms with Gasteiger partial charge in [0.05, 0.1) is 16.0 Å². The summed E-state index contributed by atoms with van der Waals surface area (Å²) in [5, 5.41) is 0. The predicted octanol–water partition coefficient (Wildman–Crippen LogP) is 2.54. The van der Waals surface area contributed by atoms with Gasteiger partial charge in [0.15, 0.2) is 6.10 Å². The van der Waals surface area contributed by atoms with Gasteiger partial charge >= 0.3 is 12.1 Å². The molecule has 28 heavy (non-hydrogen) atoms. The number of alkyl halides is 3. The summed E-state index contributed by atoms with van der Waals surface area (Å²) in [4.78, 5) is 22.6. The van der Waals surface area contributed by atoms with E-state index in [0.29, 0.717) is 6.07 Å². The van der Waals surface area contributed by atoms with Crippen molar-refractivity contribution in [2.75, 3.05) is 4.72 Å². The number of esters is 1. The molecule has 0 aliphatic heterocycles. The van der Waals surface area contributed by atoms with Crippen LogP contribution in [0.15, 0.2) is 53.4 Å². The molecule has 0 saturated carbocycles. The van der Waals surface area contributed by atoms with Gasteiger partial charge in [-0.15, -0.1) is 0 Å². The highest BCUT2D eigenvalue weighted by Crippen LogP contribution is 2.31. The predicted molar refractivity (Wildman–Crippen MR) is 92.8 cm³/mol. The van der Waals surface area contributed by atoms with E-state index in [1.807, 2.05) is 4.72 Å². The number of sulfonamides is 1. The van der Waals surface area contributed by atoms with Gasteiger partial charge in [-0.2, -0.15) is 13.2 Å². The van der Waals surface area contributed by atoms with E-state index in [1.54, 1.807) is 0 Å². The third-order valence-corrected chi connectivity index (χ3v) is 4.89. The first-order valence-corrected chi connectivity index (χ1v) is 9.19. The number of benzene rings is 2. The first kappa shape index (κ1) is 21.2. The van der Waals surface area contributed by atoms with Crippen molar-refractivity contribution in [3.63, 3.8) is 0 Å². The molecule has 1 amide bonds. The van der Waals surface area contributed by atoms with Crippen LogP contribution in [-0.4, -0.2) is 26.4 Å². The molecule has 2 rings (SSSR count). The quantitative estimate of drug-likeness (QED) is 0.702. The molecular weight excluding hydrogens is 401 g/mol. The monoisotopic (exact) mass is 416 g/mol. The Kier molecular flexibility index (Phi) is 5.98. The normalized spacial score (nSPS) is 12.9. The number of nitrogens with one attached hydrogen (secondary N) is 1. The molecule has 150 valence electrons. The van der Waals surface area contributed by atoms with Crippen molar-refractivity contribution >= 4 is 27.6 Å². The molecule has 0 bridgehead atoms. The van der Waals surface area contributed by atoms with Gasteiger partial charge in [-0.1, -0.05) is 12.1 Å². The highest BCUT2D eigenvalue weighted by molar-refractivity contribution is 7.92.